The number of carboxylic acids is 1. The molecule has 7 nitrogen and oxygen atoms in total. The first-order valence-corrected chi connectivity index (χ1v) is 12.5. The van der Waals surface area contributed by atoms with Crippen molar-refractivity contribution in [2.75, 3.05) is 6.61 Å². The van der Waals surface area contributed by atoms with Crippen molar-refractivity contribution < 1.29 is 24.2 Å². The zero-order valence-corrected chi connectivity index (χ0v) is 20.3. The van der Waals surface area contributed by atoms with Crippen molar-refractivity contribution in [2.45, 2.75) is 64.0 Å². The molecule has 4 atom stereocenters. The van der Waals surface area contributed by atoms with Gasteiger partial charge >= 0.3 is 12.1 Å². The average molecular weight is 479 g/mol. The summed E-state index contributed by atoms with van der Waals surface area (Å²) in [7, 11) is 0. The molecule has 35 heavy (non-hydrogen) atoms. The molecular formula is C28H34N2O5. The summed E-state index contributed by atoms with van der Waals surface area (Å²) >= 11 is 0. The van der Waals surface area contributed by atoms with E-state index in [1.54, 1.807) is 0 Å². The van der Waals surface area contributed by atoms with Crippen LogP contribution in [0.15, 0.2) is 48.5 Å². The maximum absolute atomic E-state index is 13.1. The van der Waals surface area contributed by atoms with E-state index in [1.165, 1.54) is 0 Å². The quantitative estimate of drug-likeness (QED) is 0.485. The fraction of sp³-hybridized carbons (Fsp3) is 0.464. The van der Waals surface area contributed by atoms with Gasteiger partial charge in [0.25, 0.3) is 0 Å². The number of carboxylic acid groups (broad SMARTS) is 1. The first-order chi connectivity index (χ1) is 16.9. The van der Waals surface area contributed by atoms with Gasteiger partial charge in [0, 0.05) is 12.0 Å². The van der Waals surface area contributed by atoms with Crippen molar-refractivity contribution in [2.24, 2.45) is 11.8 Å². The Hall–Kier alpha value is -3.35. The summed E-state index contributed by atoms with van der Waals surface area (Å²) in [5.74, 6) is -1.69. The van der Waals surface area contributed by atoms with Gasteiger partial charge in [-0.05, 0) is 47.4 Å². The smallest absolute Gasteiger partial charge is 0.407 e. The van der Waals surface area contributed by atoms with Crippen molar-refractivity contribution >= 4 is 18.0 Å². The summed E-state index contributed by atoms with van der Waals surface area (Å²) in [6, 6.07) is 15.0. The number of hydrogen-bond donors (Lipinski definition) is 3. The Balaban J connectivity index is 1.41. The topological polar surface area (TPSA) is 105 Å². The van der Waals surface area contributed by atoms with Crippen LogP contribution in [0.25, 0.3) is 11.1 Å². The van der Waals surface area contributed by atoms with E-state index in [0.717, 1.165) is 35.1 Å². The van der Waals surface area contributed by atoms with Crippen LogP contribution in [0.3, 0.4) is 0 Å². The fourth-order valence-corrected chi connectivity index (χ4v) is 5.29. The molecule has 4 rings (SSSR count). The minimum atomic E-state index is -0.893. The molecule has 0 aromatic heterocycles. The molecular weight excluding hydrogens is 444 g/mol. The van der Waals surface area contributed by atoms with Gasteiger partial charge in [-0.1, -0.05) is 75.2 Å². The number of carbonyl (C=O) groups is 3. The summed E-state index contributed by atoms with van der Waals surface area (Å²) in [6.45, 7) is 4.22. The maximum atomic E-state index is 13.1. The monoisotopic (exact) mass is 478 g/mol. The van der Waals surface area contributed by atoms with Crippen molar-refractivity contribution in [3.8, 4) is 11.1 Å². The molecule has 4 unspecified atom stereocenters. The number of aliphatic carboxylic acids is 1. The molecule has 0 saturated heterocycles. The molecule has 2 aliphatic carbocycles. The number of fused-ring (bicyclic) bond motifs is 3. The third-order valence-corrected chi connectivity index (χ3v) is 7.45. The standard InChI is InChI=1S/C28H34N2O5/c1-3-17(2)15-25(26(31)29-24-14-8-13-22(24)27(32)33)30-28(34)35-16-23-20-11-6-4-9-18(20)19-10-5-7-12-21(19)23/h4-7,9-12,17,22-25H,3,8,13-16H2,1-2H3,(H,29,31)(H,30,34)(H,32,33). The van der Waals surface area contributed by atoms with Crippen LogP contribution >= 0.6 is 0 Å². The molecule has 7 heteroatoms. The van der Waals surface area contributed by atoms with E-state index in [-0.39, 0.29) is 24.3 Å². The predicted molar refractivity (Wildman–Crippen MR) is 133 cm³/mol. The predicted octanol–water partition coefficient (Wildman–Crippen LogP) is 4.70. The minimum Gasteiger partial charge on any atom is -0.481 e. The molecule has 1 saturated carbocycles. The summed E-state index contributed by atoms with van der Waals surface area (Å²) in [4.78, 5) is 37.4. The largest absolute Gasteiger partial charge is 0.481 e. The second-order valence-corrected chi connectivity index (χ2v) is 9.76. The second-order valence-electron chi connectivity index (χ2n) is 9.76. The van der Waals surface area contributed by atoms with Gasteiger partial charge in [-0.25, -0.2) is 4.79 Å². The van der Waals surface area contributed by atoms with Crippen LogP contribution in [0.2, 0.25) is 0 Å². The van der Waals surface area contributed by atoms with Gasteiger partial charge in [0.05, 0.1) is 5.92 Å². The van der Waals surface area contributed by atoms with Crippen molar-refractivity contribution in [1.82, 2.24) is 10.6 Å². The molecule has 2 aromatic rings. The molecule has 0 bridgehead atoms. The molecule has 1 fully saturated rings. The van der Waals surface area contributed by atoms with E-state index in [0.29, 0.717) is 19.3 Å². The normalized spacial score (nSPS) is 20.4. The highest BCUT2D eigenvalue weighted by Crippen LogP contribution is 2.44. The Morgan fingerprint density at radius 2 is 1.66 bits per heavy atom. The van der Waals surface area contributed by atoms with Crippen LogP contribution in [-0.4, -0.2) is 41.8 Å². The Kier molecular flexibility index (Phi) is 7.73. The third-order valence-electron chi connectivity index (χ3n) is 7.45. The number of carbonyl (C=O) groups excluding carboxylic acids is 2. The SMILES string of the molecule is CCC(C)CC(NC(=O)OCC1c2ccccc2-c2ccccc21)C(=O)NC1CCCC1C(=O)O. The molecule has 186 valence electrons. The van der Waals surface area contributed by atoms with Crippen LogP contribution in [-0.2, 0) is 14.3 Å². The van der Waals surface area contributed by atoms with E-state index in [2.05, 4.69) is 34.9 Å². The van der Waals surface area contributed by atoms with E-state index in [4.69, 9.17) is 4.74 Å². The van der Waals surface area contributed by atoms with Crippen LogP contribution in [0, 0.1) is 11.8 Å². The maximum Gasteiger partial charge on any atom is 0.407 e. The molecule has 0 spiro atoms. The zero-order chi connectivity index (χ0) is 24.9. The molecule has 3 N–H and O–H groups in total. The molecule has 2 amide bonds. The Labute approximate surface area is 206 Å². The number of hydrogen-bond acceptors (Lipinski definition) is 4. The van der Waals surface area contributed by atoms with Crippen LogP contribution in [0.4, 0.5) is 4.79 Å². The number of rotatable bonds is 9. The van der Waals surface area contributed by atoms with Crippen molar-refractivity contribution in [3.63, 3.8) is 0 Å². The number of benzene rings is 2. The molecule has 0 radical (unpaired) electrons. The van der Waals surface area contributed by atoms with Gasteiger partial charge in [0.1, 0.15) is 12.6 Å². The van der Waals surface area contributed by atoms with E-state index in [9.17, 15) is 19.5 Å². The van der Waals surface area contributed by atoms with Gasteiger partial charge < -0.3 is 20.5 Å². The molecule has 0 heterocycles. The Bertz CT molecular complexity index is 1040. The number of nitrogens with one attached hydrogen (secondary N) is 2. The molecule has 2 aromatic carbocycles. The van der Waals surface area contributed by atoms with Gasteiger partial charge in [-0.2, -0.15) is 0 Å². The highest BCUT2D eigenvalue weighted by atomic mass is 16.5. The summed E-state index contributed by atoms with van der Waals surface area (Å²) in [6.07, 6.45) is 2.61. The lowest BCUT2D eigenvalue weighted by molar-refractivity contribution is -0.142. The first kappa shape index (κ1) is 24.8. The minimum absolute atomic E-state index is 0.0650. The number of alkyl carbamates (subject to hydrolysis) is 1. The average Bonchev–Trinajstić information content (AvgIpc) is 3.45. The van der Waals surface area contributed by atoms with Crippen LogP contribution in [0.5, 0.6) is 0 Å². The van der Waals surface area contributed by atoms with Gasteiger partial charge in [0.2, 0.25) is 5.91 Å². The summed E-state index contributed by atoms with van der Waals surface area (Å²) < 4.78 is 5.64. The highest BCUT2D eigenvalue weighted by molar-refractivity contribution is 5.86. The lowest BCUT2D eigenvalue weighted by Gasteiger charge is -2.25. The molecule has 2 aliphatic rings. The lowest BCUT2D eigenvalue weighted by atomic mass is 9.97. The molecule has 0 aliphatic heterocycles. The zero-order valence-electron chi connectivity index (χ0n) is 20.3. The summed E-state index contributed by atoms with van der Waals surface area (Å²) in [5.41, 5.74) is 4.54. The van der Waals surface area contributed by atoms with Gasteiger partial charge in [-0.15, -0.1) is 0 Å². The lowest BCUT2D eigenvalue weighted by Crippen LogP contribution is -2.51. The van der Waals surface area contributed by atoms with E-state index in [1.807, 2.05) is 38.1 Å². The van der Waals surface area contributed by atoms with E-state index < -0.39 is 30.1 Å². The van der Waals surface area contributed by atoms with Crippen molar-refractivity contribution in [1.29, 1.82) is 0 Å². The number of amides is 2. The fourth-order valence-electron chi connectivity index (χ4n) is 5.29. The Morgan fingerprint density at radius 3 is 2.26 bits per heavy atom. The summed E-state index contributed by atoms with van der Waals surface area (Å²) in [5, 5.41) is 15.1. The number of ether oxygens (including phenoxy) is 1. The Morgan fingerprint density at radius 1 is 1.03 bits per heavy atom. The van der Waals surface area contributed by atoms with Crippen molar-refractivity contribution in [3.05, 3.63) is 59.7 Å². The first-order valence-electron chi connectivity index (χ1n) is 12.5. The highest BCUT2D eigenvalue weighted by Gasteiger charge is 2.36. The van der Waals surface area contributed by atoms with Gasteiger partial charge in [0.15, 0.2) is 0 Å². The van der Waals surface area contributed by atoms with Crippen LogP contribution in [0.1, 0.15) is 63.0 Å². The van der Waals surface area contributed by atoms with Gasteiger partial charge in [-0.3, -0.25) is 9.59 Å². The third kappa shape index (κ3) is 5.50. The van der Waals surface area contributed by atoms with E-state index >= 15 is 0 Å². The second kappa shape index (κ2) is 10.9. The van der Waals surface area contributed by atoms with Crippen LogP contribution < -0.4 is 10.6 Å².